The van der Waals surface area contributed by atoms with Crippen molar-refractivity contribution in [2.24, 2.45) is 0 Å². The molecule has 0 fully saturated rings. The molecule has 0 aromatic heterocycles. The van der Waals surface area contributed by atoms with Gasteiger partial charge in [0.1, 0.15) is 6.10 Å². The SMILES string of the molecule is CCN(CC)CCNCC(O)COC(c1ccccc1)c1ccc(C)cc1. The third-order valence-electron chi connectivity index (χ3n) is 4.82. The Balaban J connectivity index is 1.87. The lowest BCUT2D eigenvalue weighted by Crippen LogP contribution is -2.36. The first-order valence-corrected chi connectivity index (χ1v) is 9.98. The normalized spacial score (nSPS) is 13.7. The molecule has 2 rings (SSSR count). The van der Waals surface area contributed by atoms with Gasteiger partial charge in [0.25, 0.3) is 0 Å². The first-order chi connectivity index (χ1) is 13.1. The van der Waals surface area contributed by atoms with E-state index in [-0.39, 0.29) is 6.10 Å². The number of aryl methyl sites for hydroxylation is 1. The smallest absolute Gasteiger partial charge is 0.108 e. The predicted octanol–water partition coefficient (Wildman–Crippen LogP) is 3.39. The molecule has 2 unspecified atom stereocenters. The molecule has 0 heterocycles. The minimum atomic E-state index is -0.529. The Morgan fingerprint density at radius 1 is 0.963 bits per heavy atom. The van der Waals surface area contributed by atoms with E-state index in [1.165, 1.54) is 5.56 Å². The van der Waals surface area contributed by atoms with Gasteiger partial charge in [-0.25, -0.2) is 0 Å². The van der Waals surface area contributed by atoms with Crippen LogP contribution in [-0.2, 0) is 4.74 Å². The van der Waals surface area contributed by atoms with Crippen molar-refractivity contribution < 1.29 is 9.84 Å². The van der Waals surface area contributed by atoms with E-state index >= 15 is 0 Å². The van der Waals surface area contributed by atoms with Crippen LogP contribution in [0, 0.1) is 6.92 Å². The van der Waals surface area contributed by atoms with Crippen molar-refractivity contribution in [3.8, 4) is 0 Å². The average molecular weight is 371 g/mol. The van der Waals surface area contributed by atoms with Crippen LogP contribution in [0.1, 0.15) is 36.6 Å². The number of nitrogens with zero attached hydrogens (tertiary/aromatic N) is 1. The summed E-state index contributed by atoms with van der Waals surface area (Å²) in [6.07, 6.45) is -0.699. The summed E-state index contributed by atoms with van der Waals surface area (Å²) >= 11 is 0. The summed E-state index contributed by atoms with van der Waals surface area (Å²) in [4.78, 5) is 2.36. The molecule has 2 aromatic carbocycles. The van der Waals surface area contributed by atoms with Crippen molar-refractivity contribution >= 4 is 0 Å². The predicted molar refractivity (Wildman–Crippen MR) is 112 cm³/mol. The zero-order valence-electron chi connectivity index (χ0n) is 16.9. The van der Waals surface area contributed by atoms with Gasteiger partial charge in [-0.3, -0.25) is 0 Å². The van der Waals surface area contributed by atoms with Gasteiger partial charge in [0.05, 0.1) is 12.7 Å². The molecule has 0 aliphatic carbocycles. The molecule has 0 saturated carbocycles. The van der Waals surface area contributed by atoms with Gasteiger partial charge in [0, 0.05) is 19.6 Å². The molecule has 4 heteroatoms. The Morgan fingerprint density at radius 3 is 2.22 bits per heavy atom. The Labute approximate surface area is 164 Å². The maximum atomic E-state index is 10.3. The molecule has 0 saturated heterocycles. The Kier molecular flexibility index (Phi) is 9.50. The number of hydrogen-bond donors (Lipinski definition) is 2. The summed E-state index contributed by atoms with van der Waals surface area (Å²) in [6.45, 7) is 11.2. The molecular formula is C23H34N2O2. The highest BCUT2D eigenvalue weighted by Gasteiger charge is 2.16. The second kappa shape index (κ2) is 11.9. The van der Waals surface area contributed by atoms with Crippen LogP contribution in [0.2, 0.25) is 0 Å². The highest BCUT2D eigenvalue weighted by molar-refractivity contribution is 5.31. The lowest BCUT2D eigenvalue weighted by Gasteiger charge is -2.22. The zero-order valence-corrected chi connectivity index (χ0v) is 16.9. The number of nitrogens with one attached hydrogen (secondary N) is 1. The summed E-state index contributed by atoms with van der Waals surface area (Å²) in [6, 6.07) is 18.6. The molecule has 0 bridgehead atoms. The largest absolute Gasteiger partial charge is 0.389 e. The van der Waals surface area contributed by atoms with Crippen LogP contribution >= 0.6 is 0 Å². The van der Waals surface area contributed by atoms with Crippen LogP contribution in [0.15, 0.2) is 54.6 Å². The number of hydrogen-bond acceptors (Lipinski definition) is 4. The standard InChI is InChI=1S/C23H34N2O2/c1-4-25(5-2)16-15-24-17-22(26)18-27-23(20-9-7-6-8-10-20)21-13-11-19(3)12-14-21/h6-14,22-24,26H,4-5,15-18H2,1-3H3. The first kappa shape index (κ1) is 21.6. The lowest BCUT2D eigenvalue weighted by molar-refractivity contribution is 0.00651. The van der Waals surface area contributed by atoms with Gasteiger partial charge in [-0.2, -0.15) is 0 Å². The Bertz CT molecular complexity index is 627. The molecule has 0 aliphatic heterocycles. The van der Waals surface area contributed by atoms with Gasteiger partial charge in [-0.15, -0.1) is 0 Å². The van der Waals surface area contributed by atoms with Crippen molar-refractivity contribution in [3.63, 3.8) is 0 Å². The topological polar surface area (TPSA) is 44.7 Å². The van der Waals surface area contributed by atoms with Gasteiger partial charge in [-0.1, -0.05) is 74.0 Å². The van der Waals surface area contributed by atoms with Crippen molar-refractivity contribution in [1.82, 2.24) is 10.2 Å². The van der Waals surface area contributed by atoms with Gasteiger partial charge in [-0.05, 0) is 31.1 Å². The maximum Gasteiger partial charge on any atom is 0.108 e. The minimum Gasteiger partial charge on any atom is -0.389 e. The van der Waals surface area contributed by atoms with Gasteiger partial charge < -0.3 is 20.1 Å². The average Bonchev–Trinajstić information content (AvgIpc) is 2.70. The minimum absolute atomic E-state index is 0.169. The fraction of sp³-hybridized carbons (Fsp3) is 0.478. The monoisotopic (exact) mass is 370 g/mol. The molecule has 148 valence electrons. The fourth-order valence-electron chi connectivity index (χ4n) is 3.07. The van der Waals surface area contributed by atoms with Crippen molar-refractivity contribution in [2.75, 3.05) is 39.3 Å². The van der Waals surface area contributed by atoms with Crippen molar-refractivity contribution in [2.45, 2.75) is 33.0 Å². The van der Waals surface area contributed by atoms with E-state index in [9.17, 15) is 5.11 Å². The molecule has 2 N–H and O–H groups in total. The van der Waals surface area contributed by atoms with Gasteiger partial charge in [0.15, 0.2) is 0 Å². The highest BCUT2D eigenvalue weighted by atomic mass is 16.5. The Hall–Kier alpha value is -1.72. The van der Waals surface area contributed by atoms with Crippen LogP contribution in [-0.4, -0.2) is 55.4 Å². The second-order valence-corrected chi connectivity index (χ2v) is 6.92. The molecule has 0 spiro atoms. The van der Waals surface area contributed by atoms with E-state index in [2.05, 4.69) is 67.4 Å². The molecule has 2 aromatic rings. The van der Waals surface area contributed by atoms with E-state index in [1.807, 2.05) is 18.2 Å². The van der Waals surface area contributed by atoms with E-state index in [1.54, 1.807) is 0 Å². The first-order valence-electron chi connectivity index (χ1n) is 9.98. The molecular weight excluding hydrogens is 336 g/mol. The summed E-state index contributed by atoms with van der Waals surface area (Å²) in [7, 11) is 0. The summed E-state index contributed by atoms with van der Waals surface area (Å²) in [5, 5.41) is 13.6. The second-order valence-electron chi connectivity index (χ2n) is 6.92. The van der Waals surface area contributed by atoms with Crippen molar-refractivity contribution in [1.29, 1.82) is 0 Å². The third-order valence-corrected chi connectivity index (χ3v) is 4.82. The summed E-state index contributed by atoms with van der Waals surface area (Å²) in [5.41, 5.74) is 3.43. The number of aliphatic hydroxyl groups is 1. The zero-order chi connectivity index (χ0) is 19.5. The van der Waals surface area contributed by atoms with Crippen LogP contribution in [0.25, 0.3) is 0 Å². The Morgan fingerprint density at radius 2 is 1.59 bits per heavy atom. The van der Waals surface area contributed by atoms with Gasteiger partial charge >= 0.3 is 0 Å². The summed E-state index contributed by atoms with van der Waals surface area (Å²) in [5.74, 6) is 0. The summed E-state index contributed by atoms with van der Waals surface area (Å²) < 4.78 is 6.14. The number of benzene rings is 2. The molecule has 0 aliphatic rings. The van der Waals surface area contributed by atoms with E-state index in [0.29, 0.717) is 13.2 Å². The van der Waals surface area contributed by atoms with E-state index in [4.69, 9.17) is 4.74 Å². The highest BCUT2D eigenvalue weighted by Crippen LogP contribution is 2.26. The van der Waals surface area contributed by atoms with Crippen LogP contribution < -0.4 is 5.32 Å². The number of aliphatic hydroxyl groups excluding tert-OH is 1. The maximum absolute atomic E-state index is 10.3. The fourth-order valence-corrected chi connectivity index (χ4v) is 3.07. The van der Waals surface area contributed by atoms with Crippen LogP contribution in [0.5, 0.6) is 0 Å². The molecule has 0 amide bonds. The number of rotatable bonds is 12. The quantitative estimate of drug-likeness (QED) is 0.562. The molecule has 0 radical (unpaired) electrons. The molecule has 27 heavy (non-hydrogen) atoms. The molecule has 4 nitrogen and oxygen atoms in total. The van der Waals surface area contributed by atoms with Gasteiger partial charge in [0.2, 0.25) is 0 Å². The lowest BCUT2D eigenvalue weighted by atomic mass is 10.0. The number of likely N-dealkylation sites (N-methyl/N-ethyl adjacent to an activating group) is 1. The number of ether oxygens (including phenoxy) is 1. The third kappa shape index (κ3) is 7.43. The van der Waals surface area contributed by atoms with Crippen molar-refractivity contribution in [3.05, 3.63) is 71.3 Å². The van der Waals surface area contributed by atoms with E-state index < -0.39 is 6.10 Å². The van der Waals surface area contributed by atoms with Crippen LogP contribution in [0.4, 0.5) is 0 Å². The molecule has 2 atom stereocenters. The van der Waals surface area contributed by atoms with E-state index in [0.717, 1.165) is 37.3 Å². The van der Waals surface area contributed by atoms with Crippen LogP contribution in [0.3, 0.4) is 0 Å².